The van der Waals surface area contributed by atoms with Crippen molar-refractivity contribution in [1.82, 2.24) is 5.01 Å². The molecule has 3 fully saturated rings. The lowest BCUT2D eigenvalue weighted by molar-refractivity contribution is -0.138. The minimum Gasteiger partial charge on any atom is -0.508 e. The van der Waals surface area contributed by atoms with Crippen molar-refractivity contribution in [3.05, 3.63) is 125 Å². The van der Waals surface area contributed by atoms with Crippen LogP contribution in [0.1, 0.15) is 45.8 Å². The zero-order valence-electron chi connectivity index (χ0n) is 28.7. The standard InChI is InChI=1S/C41H35N3O9/c1-21-8-10-23(11-9-21)42-44-37(48)31-20-30-26(16-17-29-34(30)38(49)43(36(29)47)24-12-14-28(39(50)51)32(45)18-24)35(27-15-13-25(53-2)19-33(27)46)41(31,40(44)52)22-6-4-3-5-7-22/h3-16,18-19,29-31,34-35,42,45-46H,17,20H2,1-2H3,(H,50,51)/t29-,30+,31-,34-,35+,41+/m0/s1. The number of aromatic hydroxyl groups is 2. The van der Waals surface area contributed by atoms with Crippen LogP contribution >= 0.6 is 0 Å². The van der Waals surface area contributed by atoms with E-state index in [0.717, 1.165) is 27.6 Å². The number of methoxy groups -OCH3 is 1. The van der Waals surface area contributed by atoms with Gasteiger partial charge in [-0.25, -0.2) is 9.69 Å². The summed E-state index contributed by atoms with van der Waals surface area (Å²) in [5, 5.41) is 32.6. The number of allylic oxidation sites excluding steroid dienone is 2. The fourth-order valence-electron chi connectivity index (χ4n) is 9.08. The van der Waals surface area contributed by atoms with Gasteiger partial charge in [0.15, 0.2) is 0 Å². The highest BCUT2D eigenvalue weighted by molar-refractivity contribution is 6.23. The van der Waals surface area contributed by atoms with Crippen molar-refractivity contribution in [2.24, 2.45) is 23.7 Å². The molecule has 2 aliphatic heterocycles. The number of imide groups is 2. The number of amides is 4. The second-order valence-corrected chi connectivity index (χ2v) is 14.0. The zero-order chi connectivity index (χ0) is 37.3. The van der Waals surface area contributed by atoms with Crippen molar-refractivity contribution in [2.75, 3.05) is 17.4 Å². The molecule has 2 saturated heterocycles. The van der Waals surface area contributed by atoms with Gasteiger partial charge in [0.05, 0.1) is 41.7 Å². The van der Waals surface area contributed by atoms with Crippen molar-refractivity contribution in [3.8, 4) is 17.2 Å². The summed E-state index contributed by atoms with van der Waals surface area (Å²) in [4.78, 5) is 71.1. The summed E-state index contributed by atoms with van der Waals surface area (Å²) in [6, 6.07) is 24.5. The summed E-state index contributed by atoms with van der Waals surface area (Å²) in [5.41, 5.74) is 4.20. The highest BCUT2D eigenvalue weighted by Gasteiger charge is 2.70. The number of rotatable bonds is 7. The van der Waals surface area contributed by atoms with Gasteiger partial charge in [-0.15, -0.1) is 0 Å². The zero-order valence-corrected chi connectivity index (χ0v) is 28.7. The number of nitrogens with one attached hydrogen (secondary N) is 1. The molecule has 6 atom stereocenters. The van der Waals surface area contributed by atoms with Gasteiger partial charge in [-0.2, -0.15) is 5.01 Å². The number of phenols is 2. The molecule has 0 spiro atoms. The number of aryl methyl sites for hydroxylation is 1. The number of carboxylic acids is 1. The van der Waals surface area contributed by atoms with Crippen molar-refractivity contribution in [3.63, 3.8) is 0 Å². The first-order valence-electron chi connectivity index (χ1n) is 17.3. The third-order valence-corrected chi connectivity index (χ3v) is 11.4. The summed E-state index contributed by atoms with van der Waals surface area (Å²) >= 11 is 0. The van der Waals surface area contributed by atoms with Gasteiger partial charge in [0.25, 0.3) is 11.8 Å². The highest BCUT2D eigenvalue weighted by atomic mass is 16.5. The van der Waals surface area contributed by atoms with Crippen LogP contribution in [0, 0.1) is 30.6 Å². The van der Waals surface area contributed by atoms with E-state index >= 15 is 4.79 Å². The normalized spacial score (nSPS) is 26.2. The molecule has 4 aliphatic rings. The smallest absolute Gasteiger partial charge is 0.339 e. The molecule has 53 heavy (non-hydrogen) atoms. The molecular weight excluding hydrogens is 678 g/mol. The van der Waals surface area contributed by atoms with E-state index in [1.807, 2.05) is 31.2 Å². The molecule has 2 aliphatic carbocycles. The molecule has 4 aromatic rings. The van der Waals surface area contributed by atoms with Gasteiger partial charge in [0.1, 0.15) is 22.8 Å². The minimum atomic E-state index is -1.57. The molecule has 268 valence electrons. The molecule has 4 amide bonds. The minimum absolute atomic E-state index is 0.0258. The molecule has 8 rings (SSSR count). The number of phenolic OH excluding ortho intramolecular Hbond substituents is 1. The van der Waals surface area contributed by atoms with Gasteiger partial charge < -0.3 is 20.1 Å². The van der Waals surface area contributed by atoms with Crippen LogP contribution in [-0.4, -0.2) is 57.0 Å². The Bertz CT molecular complexity index is 2250. The quantitative estimate of drug-likeness (QED) is 0.145. The number of carboxylic acid groups (broad SMARTS) is 1. The lowest BCUT2D eigenvalue weighted by atomic mass is 9.49. The molecule has 12 heteroatoms. The van der Waals surface area contributed by atoms with Crippen LogP contribution in [0.4, 0.5) is 11.4 Å². The van der Waals surface area contributed by atoms with Crippen molar-refractivity contribution >= 4 is 41.0 Å². The van der Waals surface area contributed by atoms with E-state index < -0.39 is 70.4 Å². The Morgan fingerprint density at radius 3 is 2.25 bits per heavy atom. The van der Waals surface area contributed by atoms with E-state index in [1.54, 1.807) is 48.5 Å². The Hall–Kier alpha value is -6.43. The summed E-state index contributed by atoms with van der Waals surface area (Å²) in [7, 11) is 1.47. The Morgan fingerprint density at radius 2 is 1.58 bits per heavy atom. The predicted molar refractivity (Wildman–Crippen MR) is 191 cm³/mol. The first-order chi connectivity index (χ1) is 25.5. The maximum absolute atomic E-state index is 15.2. The number of hydrogen-bond donors (Lipinski definition) is 4. The van der Waals surface area contributed by atoms with Crippen molar-refractivity contribution < 1.29 is 44.0 Å². The van der Waals surface area contributed by atoms with Crippen LogP contribution in [0.3, 0.4) is 0 Å². The monoisotopic (exact) mass is 713 g/mol. The van der Waals surface area contributed by atoms with Crippen LogP contribution in [0.15, 0.2) is 103 Å². The number of hydrogen-bond acceptors (Lipinski definition) is 9. The topological polar surface area (TPSA) is 174 Å². The Balaban J connectivity index is 1.30. The van der Waals surface area contributed by atoms with Gasteiger partial charge >= 0.3 is 5.97 Å². The second-order valence-electron chi connectivity index (χ2n) is 14.0. The third-order valence-electron chi connectivity index (χ3n) is 11.4. The SMILES string of the molecule is COc1ccc([C@H]2C3=CC[C@@H]4C(=O)N(c5ccc(C(=O)O)c(O)c5)C(=O)[C@@H]4[C@@H]3C[C@H]3C(=O)N(Nc4ccc(C)cc4)C(=O)[C@@]23c2ccccc2)c(O)c1. The average Bonchev–Trinajstić information content (AvgIpc) is 3.53. The van der Waals surface area contributed by atoms with E-state index in [4.69, 9.17) is 4.74 Å². The van der Waals surface area contributed by atoms with E-state index in [2.05, 4.69) is 5.43 Å². The molecular formula is C41H35N3O9. The molecule has 1 saturated carbocycles. The van der Waals surface area contributed by atoms with Gasteiger partial charge in [-0.1, -0.05) is 65.7 Å². The van der Waals surface area contributed by atoms with Crippen LogP contribution in [0.5, 0.6) is 17.2 Å². The first kappa shape index (κ1) is 33.7. The maximum atomic E-state index is 15.2. The van der Waals surface area contributed by atoms with Crippen LogP contribution < -0.4 is 15.1 Å². The largest absolute Gasteiger partial charge is 0.508 e. The fraction of sp³-hybridized carbons (Fsp3) is 0.244. The van der Waals surface area contributed by atoms with E-state index in [-0.39, 0.29) is 29.8 Å². The molecule has 0 aromatic heterocycles. The summed E-state index contributed by atoms with van der Waals surface area (Å²) in [6.07, 6.45) is 2.05. The maximum Gasteiger partial charge on any atom is 0.339 e. The van der Waals surface area contributed by atoms with E-state index in [1.165, 1.54) is 19.2 Å². The third kappa shape index (κ3) is 4.92. The number of aromatic carboxylic acids is 1. The van der Waals surface area contributed by atoms with Crippen molar-refractivity contribution in [2.45, 2.75) is 31.1 Å². The number of carbonyl (C=O) groups excluding carboxylic acids is 4. The van der Waals surface area contributed by atoms with E-state index in [0.29, 0.717) is 28.1 Å². The fourth-order valence-corrected chi connectivity index (χ4v) is 9.08. The van der Waals surface area contributed by atoms with Gasteiger partial charge in [-0.05, 0) is 61.6 Å². The number of anilines is 2. The Labute approximate surface area is 303 Å². The summed E-state index contributed by atoms with van der Waals surface area (Å²) in [6.45, 7) is 1.92. The average molecular weight is 714 g/mol. The Morgan fingerprint density at radius 1 is 0.849 bits per heavy atom. The summed E-state index contributed by atoms with van der Waals surface area (Å²) in [5.74, 6) is -8.30. The molecule has 4 N–H and O–H groups in total. The van der Waals surface area contributed by atoms with Gasteiger partial charge in [0.2, 0.25) is 11.8 Å². The molecule has 12 nitrogen and oxygen atoms in total. The highest BCUT2D eigenvalue weighted by Crippen LogP contribution is 2.65. The van der Waals surface area contributed by atoms with Gasteiger partial charge in [0, 0.05) is 23.6 Å². The van der Waals surface area contributed by atoms with E-state index in [9.17, 15) is 34.5 Å². The molecule has 0 unspecified atom stereocenters. The summed E-state index contributed by atoms with van der Waals surface area (Å²) < 4.78 is 5.38. The first-order valence-corrected chi connectivity index (χ1v) is 17.3. The Kier molecular flexibility index (Phi) is 7.86. The van der Waals surface area contributed by atoms with Gasteiger partial charge in [-0.3, -0.25) is 24.6 Å². The molecule has 0 bridgehead atoms. The predicted octanol–water partition coefficient (Wildman–Crippen LogP) is 5.30. The number of carbonyl (C=O) groups is 5. The number of hydrazine groups is 1. The molecule has 4 aromatic carbocycles. The molecule has 0 radical (unpaired) electrons. The number of ether oxygens (including phenoxy) is 1. The van der Waals surface area contributed by atoms with Crippen LogP contribution in [0.25, 0.3) is 0 Å². The van der Waals surface area contributed by atoms with Crippen LogP contribution in [0.2, 0.25) is 0 Å². The number of nitrogens with zero attached hydrogens (tertiary/aromatic N) is 2. The van der Waals surface area contributed by atoms with Crippen LogP contribution in [-0.2, 0) is 24.6 Å². The second kappa shape index (κ2) is 12.4. The van der Waals surface area contributed by atoms with Crippen molar-refractivity contribution in [1.29, 1.82) is 0 Å². The number of benzene rings is 4. The molecule has 2 heterocycles. The number of fused-ring (bicyclic) bond motifs is 4. The lowest BCUT2D eigenvalue weighted by Gasteiger charge is -2.50. The lowest BCUT2D eigenvalue weighted by Crippen LogP contribution is -2.53.